The number of carbonyl (C=O) groups is 1. The van der Waals surface area contributed by atoms with Crippen LogP contribution in [0.1, 0.15) is 56.2 Å². The molecule has 2 aliphatic rings. The molecule has 1 heterocycles. The Labute approximate surface area is 172 Å². The third-order valence-electron chi connectivity index (χ3n) is 5.59. The maximum Gasteiger partial charge on any atom is 0.220 e. The van der Waals surface area contributed by atoms with Crippen molar-refractivity contribution in [3.63, 3.8) is 0 Å². The second-order valence-electron chi connectivity index (χ2n) is 7.86. The lowest BCUT2D eigenvalue weighted by Gasteiger charge is -2.21. The van der Waals surface area contributed by atoms with E-state index in [1.165, 1.54) is 12.8 Å². The quantitative estimate of drug-likeness (QED) is 0.745. The normalized spacial score (nSPS) is 17.0. The van der Waals surface area contributed by atoms with E-state index in [2.05, 4.69) is 17.4 Å². The average molecular weight is 395 g/mol. The van der Waals surface area contributed by atoms with E-state index in [-0.39, 0.29) is 11.9 Å². The largest absolute Gasteiger partial charge is 0.490 e. The molecule has 29 heavy (non-hydrogen) atoms. The zero-order chi connectivity index (χ0) is 20.1. The van der Waals surface area contributed by atoms with Gasteiger partial charge < -0.3 is 19.5 Å². The fourth-order valence-electron chi connectivity index (χ4n) is 3.96. The molecule has 154 valence electrons. The topological polar surface area (TPSA) is 56.8 Å². The Kier molecular flexibility index (Phi) is 6.23. The number of hydrogen-bond donors (Lipinski definition) is 1. The maximum absolute atomic E-state index is 12.5. The molecule has 0 radical (unpaired) electrons. The summed E-state index contributed by atoms with van der Waals surface area (Å²) in [4.78, 5) is 12.5. The number of amides is 1. The van der Waals surface area contributed by atoms with Gasteiger partial charge in [0.2, 0.25) is 5.91 Å². The first-order valence-corrected chi connectivity index (χ1v) is 10.6. The molecule has 4 rings (SSSR count). The highest BCUT2D eigenvalue weighted by atomic mass is 16.6. The average Bonchev–Trinajstić information content (AvgIpc) is 3.25. The standard InChI is InChI=1S/C24H29NO4/c1-17(19-10-11-22-23(16-19)28-14-13-27-22)25-24(26)12-9-18-5-4-8-21(15-18)29-20-6-2-3-7-20/h4-5,8,10-11,15-17,20H,2-3,6-7,9,12-14H2,1H3,(H,25,26). The van der Waals surface area contributed by atoms with Gasteiger partial charge in [0.05, 0.1) is 12.1 Å². The summed E-state index contributed by atoms with van der Waals surface area (Å²) in [6.07, 6.45) is 6.29. The summed E-state index contributed by atoms with van der Waals surface area (Å²) in [6.45, 7) is 3.12. The highest BCUT2D eigenvalue weighted by molar-refractivity contribution is 5.76. The Balaban J connectivity index is 1.28. The van der Waals surface area contributed by atoms with Gasteiger partial charge in [0.15, 0.2) is 11.5 Å². The molecule has 1 aliphatic heterocycles. The minimum atomic E-state index is -0.0876. The Hall–Kier alpha value is -2.69. The van der Waals surface area contributed by atoms with Crippen molar-refractivity contribution < 1.29 is 19.0 Å². The zero-order valence-electron chi connectivity index (χ0n) is 17.0. The highest BCUT2D eigenvalue weighted by Crippen LogP contribution is 2.32. The number of aryl methyl sites for hydroxylation is 1. The summed E-state index contributed by atoms with van der Waals surface area (Å²) in [5, 5.41) is 3.08. The molecule has 1 aliphatic carbocycles. The van der Waals surface area contributed by atoms with Gasteiger partial charge >= 0.3 is 0 Å². The van der Waals surface area contributed by atoms with Crippen molar-refractivity contribution >= 4 is 5.91 Å². The van der Waals surface area contributed by atoms with E-state index in [0.717, 1.165) is 41.2 Å². The highest BCUT2D eigenvalue weighted by Gasteiger charge is 2.17. The molecular formula is C24H29NO4. The predicted octanol–water partition coefficient (Wildman–Crippen LogP) is 4.59. The van der Waals surface area contributed by atoms with E-state index >= 15 is 0 Å². The smallest absolute Gasteiger partial charge is 0.220 e. The van der Waals surface area contributed by atoms with Crippen molar-refractivity contribution in [2.75, 3.05) is 13.2 Å². The predicted molar refractivity (Wildman–Crippen MR) is 112 cm³/mol. The third kappa shape index (κ3) is 5.22. The van der Waals surface area contributed by atoms with Gasteiger partial charge in [-0.15, -0.1) is 0 Å². The van der Waals surface area contributed by atoms with E-state index in [0.29, 0.717) is 32.2 Å². The van der Waals surface area contributed by atoms with Crippen LogP contribution in [-0.2, 0) is 11.2 Å². The molecule has 1 saturated carbocycles. The summed E-state index contributed by atoms with van der Waals surface area (Å²) < 4.78 is 17.3. The first kappa shape index (κ1) is 19.6. The van der Waals surface area contributed by atoms with Crippen molar-refractivity contribution in [1.29, 1.82) is 0 Å². The second-order valence-corrected chi connectivity index (χ2v) is 7.86. The molecule has 0 bridgehead atoms. The van der Waals surface area contributed by atoms with Gasteiger partial charge in [0, 0.05) is 6.42 Å². The van der Waals surface area contributed by atoms with Crippen molar-refractivity contribution in [3.8, 4) is 17.2 Å². The molecule has 0 saturated heterocycles. The SMILES string of the molecule is CC(NC(=O)CCc1cccc(OC2CCCC2)c1)c1ccc2c(c1)OCCO2. The van der Waals surface area contributed by atoms with Crippen LogP contribution in [0.15, 0.2) is 42.5 Å². The van der Waals surface area contributed by atoms with Crippen LogP contribution in [0.2, 0.25) is 0 Å². The lowest BCUT2D eigenvalue weighted by atomic mass is 10.1. The molecule has 2 aromatic rings. The molecule has 1 unspecified atom stereocenters. The molecule has 5 nitrogen and oxygen atoms in total. The summed E-state index contributed by atoms with van der Waals surface area (Å²) in [7, 11) is 0. The van der Waals surface area contributed by atoms with Crippen molar-refractivity contribution in [3.05, 3.63) is 53.6 Å². The maximum atomic E-state index is 12.5. The minimum Gasteiger partial charge on any atom is -0.490 e. The van der Waals surface area contributed by atoms with E-state index < -0.39 is 0 Å². The Bertz CT molecular complexity index is 845. The van der Waals surface area contributed by atoms with E-state index in [9.17, 15) is 4.79 Å². The number of carbonyl (C=O) groups excluding carboxylic acids is 1. The number of hydrogen-bond acceptors (Lipinski definition) is 4. The molecule has 1 fully saturated rings. The number of nitrogens with one attached hydrogen (secondary N) is 1. The lowest BCUT2D eigenvalue weighted by Crippen LogP contribution is -2.27. The van der Waals surface area contributed by atoms with Crippen LogP contribution in [-0.4, -0.2) is 25.2 Å². The molecule has 2 aromatic carbocycles. The lowest BCUT2D eigenvalue weighted by molar-refractivity contribution is -0.121. The molecule has 0 spiro atoms. The van der Waals surface area contributed by atoms with Crippen LogP contribution in [0.5, 0.6) is 17.2 Å². The number of ether oxygens (including phenoxy) is 3. The number of fused-ring (bicyclic) bond motifs is 1. The Morgan fingerprint density at radius 3 is 2.72 bits per heavy atom. The van der Waals surface area contributed by atoms with Crippen LogP contribution in [0.4, 0.5) is 0 Å². The van der Waals surface area contributed by atoms with E-state index in [1.54, 1.807) is 0 Å². The molecular weight excluding hydrogens is 366 g/mol. The molecule has 1 atom stereocenters. The van der Waals surface area contributed by atoms with Gasteiger partial charge in [-0.2, -0.15) is 0 Å². The fourth-order valence-corrected chi connectivity index (χ4v) is 3.96. The van der Waals surface area contributed by atoms with Gasteiger partial charge in [-0.3, -0.25) is 4.79 Å². The van der Waals surface area contributed by atoms with Crippen molar-refractivity contribution in [2.24, 2.45) is 0 Å². The zero-order valence-corrected chi connectivity index (χ0v) is 17.0. The monoisotopic (exact) mass is 395 g/mol. The van der Waals surface area contributed by atoms with Gasteiger partial charge in [0.1, 0.15) is 19.0 Å². The van der Waals surface area contributed by atoms with Crippen LogP contribution in [0.25, 0.3) is 0 Å². The summed E-state index contributed by atoms with van der Waals surface area (Å²) >= 11 is 0. The van der Waals surface area contributed by atoms with E-state index in [4.69, 9.17) is 14.2 Å². The van der Waals surface area contributed by atoms with Gasteiger partial charge in [0.25, 0.3) is 0 Å². The Morgan fingerprint density at radius 1 is 1.10 bits per heavy atom. The molecule has 5 heteroatoms. The fraction of sp³-hybridized carbons (Fsp3) is 0.458. The summed E-state index contributed by atoms with van der Waals surface area (Å²) in [6, 6.07) is 13.9. The van der Waals surface area contributed by atoms with Crippen LogP contribution in [0.3, 0.4) is 0 Å². The van der Waals surface area contributed by atoms with Crippen LogP contribution >= 0.6 is 0 Å². The number of rotatable bonds is 7. The van der Waals surface area contributed by atoms with Gasteiger partial charge in [-0.25, -0.2) is 0 Å². The van der Waals surface area contributed by atoms with Crippen molar-refractivity contribution in [2.45, 2.75) is 57.6 Å². The van der Waals surface area contributed by atoms with Crippen LogP contribution < -0.4 is 19.5 Å². The first-order valence-electron chi connectivity index (χ1n) is 10.6. The van der Waals surface area contributed by atoms with Gasteiger partial charge in [-0.05, 0) is 74.4 Å². The van der Waals surface area contributed by atoms with Gasteiger partial charge in [-0.1, -0.05) is 18.2 Å². The minimum absolute atomic E-state index is 0.0366. The van der Waals surface area contributed by atoms with Crippen molar-refractivity contribution in [1.82, 2.24) is 5.32 Å². The third-order valence-corrected chi connectivity index (χ3v) is 5.59. The second kappa shape index (κ2) is 9.21. The summed E-state index contributed by atoms with van der Waals surface area (Å²) in [5.74, 6) is 2.46. The van der Waals surface area contributed by atoms with E-state index in [1.807, 2.05) is 37.3 Å². The van der Waals surface area contributed by atoms with Crippen LogP contribution in [0, 0.1) is 0 Å². The Morgan fingerprint density at radius 2 is 1.90 bits per heavy atom. The molecule has 0 aromatic heterocycles. The first-order chi connectivity index (χ1) is 14.2. The number of benzene rings is 2. The molecule has 1 amide bonds. The summed E-state index contributed by atoms with van der Waals surface area (Å²) in [5.41, 5.74) is 2.14. The molecule has 1 N–H and O–H groups in total.